The van der Waals surface area contributed by atoms with Gasteiger partial charge in [-0.1, -0.05) is 20.8 Å². The monoisotopic (exact) mass is 347 g/mol. The number of ether oxygens (including phenoxy) is 1. The van der Waals surface area contributed by atoms with Crippen molar-refractivity contribution >= 4 is 33.1 Å². The highest BCUT2D eigenvalue weighted by atomic mass is 32.1. The van der Waals surface area contributed by atoms with E-state index in [4.69, 9.17) is 10.5 Å². The minimum atomic E-state index is -0.490. The molecular weight excluding hydrogens is 322 g/mol. The summed E-state index contributed by atoms with van der Waals surface area (Å²) in [6.45, 7) is 7.84. The normalized spacial score (nSPS) is 17.8. The van der Waals surface area contributed by atoms with E-state index in [1.807, 2.05) is 18.2 Å². The van der Waals surface area contributed by atoms with Crippen molar-refractivity contribution in [3.05, 3.63) is 23.2 Å². The highest BCUT2D eigenvalue weighted by Gasteiger charge is 2.26. The number of aromatic nitrogens is 1. The molecule has 1 aliphatic rings. The van der Waals surface area contributed by atoms with Gasteiger partial charge in [0.25, 0.3) is 0 Å². The van der Waals surface area contributed by atoms with Crippen LogP contribution in [-0.4, -0.2) is 30.1 Å². The molecule has 1 atom stereocenters. The predicted octanol–water partition coefficient (Wildman–Crippen LogP) is 3.29. The molecule has 0 bridgehead atoms. The van der Waals surface area contributed by atoms with E-state index in [0.717, 1.165) is 33.8 Å². The Morgan fingerprint density at radius 1 is 1.38 bits per heavy atom. The molecule has 0 radical (unpaired) electrons. The summed E-state index contributed by atoms with van der Waals surface area (Å²) < 4.78 is 6.41. The Hall–Kier alpha value is -1.50. The number of nitrogens with zero attached hydrogens (tertiary/aromatic N) is 1. The van der Waals surface area contributed by atoms with Gasteiger partial charge in [-0.05, 0) is 37.0 Å². The first-order valence-corrected chi connectivity index (χ1v) is 9.21. The number of carbonyl (C=O) groups is 1. The minimum absolute atomic E-state index is 0.0263. The van der Waals surface area contributed by atoms with Gasteiger partial charge < -0.3 is 15.8 Å². The largest absolute Gasteiger partial charge is 0.381 e. The number of benzene rings is 1. The van der Waals surface area contributed by atoms with Gasteiger partial charge in [-0.2, -0.15) is 0 Å². The van der Waals surface area contributed by atoms with Crippen LogP contribution in [-0.2, 0) is 14.9 Å². The fraction of sp³-hybridized carbons (Fsp3) is 0.556. The third-order valence-electron chi connectivity index (χ3n) is 4.37. The third-order valence-corrected chi connectivity index (χ3v) is 5.82. The highest BCUT2D eigenvalue weighted by molar-refractivity contribution is 7.18. The number of anilines is 1. The zero-order valence-corrected chi connectivity index (χ0v) is 15.3. The molecule has 1 aliphatic heterocycles. The second-order valence-corrected chi connectivity index (χ2v) is 8.45. The molecule has 1 aromatic carbocycles. The number of carbonyl (C=O) groups excluding carboxylic acids is 1. The molecule has 2 aromatic rings. The maximum Gasteiger partial charge on any atom is 0.241 e. The molecule has 24 heavy (non-hydrogen) atoms. The quantitative estimate of drug-likeness (QED) is 0.893. The zero-order valence-electron chi connectivity index (χ0n) is 14.5. The van der Waals surface area contributed by atoms with Crippen LogP contribution in [0.25, 0.3) is 10.2 Å². The highest BCUT2D eigenvalue weighted by Crippen LogP contribution is 2.32. The lowest BCUT2D eigenvalue weighted by Gasteiger charge is -2.26. The van der Waals surface area contributed by atoms with Crippen LogP contribution in [0.2, 0.25) is 0 Å². The van der Waals surface area contributed by atoms with Crippen molar-refractivity contribution in [2.45, 2.75) is 45.1 Å². The lowest BCUT2D eigenvalue weighted by molar-refractivity contribution is -0.119. The van der Waals surface area contributed by atoms with E-state index >= 15 is 0 Å². The van der Waals surface area contributed by atoms with E-state index in [-0.39, 0.29) is 17.2 Å². The van der Waals surface area contributed by atoms with Crippen LogP contribution in [0.1, 0.15) is 38.6 Å². The molecule has 6 heteroatoms. The molecule has 0 spiro atoms. The predicted molar refractivity (Wildman–Crippen MR) is 98.5 cm³/mol. The summed E-state index contributed by atoms with van der Waals surface area (Å²) in [6.07, 6.45) is 1.69. The first kappa shape index (κ1) is 17.3. The van der Waals surface area contributed by atoms with E-state index in [0.29, 0.717) is 13.2 Å². The number of nitrogens with two attached hydrogens (primary N) is 1. The molecule has 0 saturated carbocycles. The van der Waals surface area contributed by atoms with Gasteiger partial charge in [-0.15, -0.1) is 11.3 Å². The van der Waals surface area contributed by atoms with Crippen LogP contribution in [0.5, 0.6) is 0 Å². The second kappa shape index (κ2) is 6.78. The first-order valence-electron chi connectivity index (χ1n) is 8.40. The Morgan fingerprint density at radius 3 is 2.75 bits per heavy atom. The molecule has 1 aromatic heterocycles. The number of hydrogen-bond acceptors (Lipinski definition) is 5. The standard InChI is InChI=1S/C18H25N3O2S/c1-18(2,3)17-21-13-5-4-12(10-14(13)24-17)20-16(22)15(19)11-6-8-23-9-7-11/h4-5,10-11,15H,6-9,19H2,1-3H3,(H,20,22). The summed E-state index contributed by atoms with van der Waals surface area (Å²) in [5, 5.41) is 4.05. The zero-order chi connectivity index (χ0) is 17.3. The van der Waals surface area contributed by atoms with Crippen LogP contribution in [0.3, 0.4) is 0 Å². The van der Waals surface area contributed by atoms with Crippen molar-refractivity contribution in [1.82, 2.24) is 4.98 Å². The number of amides is 1. The Bertz CT molecular complexity index is 729. The second-order valence-electron chi connectivity index (χ2n) is 7.42. The molecule has 130 valence electrons. The van der Waals surface area contributed by atoms with Gasteiger partial charge in [-0.25, -0.2) is 4.98 Å². The summed E-state index contributed by atoms with van der Waals surface area (Å²) in [5.41, 5.74) is 7.91. The van der Waals surface area contributed by atoms with E-state index in [1.165, 1.54) is 0 Å². The topological polar surface area (TPSA) is 77.2 Å². The molecule has 0 aliphatic carbocycles. The molecule has 1 fully saturated rings. The lowest BCUT2D eigenvalue weighted by atomic mass is 9.92. The fourth-order valence-corrected chi connectivity index (χ4v) is 3.90. The van der Waals surface area contributed by atoms with E-state index in [1.54, 1.807) is 11.3 Å². The fourth-order valence-electron chi connectivity index (χ4n) is 2.84. The summed E-state index contributed by atoms with van der Waals surface area (Å²) in [5.74, 6) is 0.0696. The average molecular weight is 347 g/mol. The van der Waals surface area contributed by atoms with Crippen molar-refractivity contribution < 1.29 is 9.53 Å². The maximum absolute atomic E-state index is 12.4. The van der Waals surface area contributed by atoms with Gasteiger partial charge in [0, 0.05) is 24.3 Å². The Morgan fingerprint density at radius 2 is 2.08 bits per heavy atom. The van der Waals surface area contributed by atoms with Crippen molar-refractivity contribution in [3.63, 3.8) is 0 Å². The Balaban J connectivity index is 1.73. The van der Waals surface area contributed by atoms with Crippen LogP contribution in [0.4, 0.5) is 5.69 Å². The van der Waals surface area contributed by atoms with Crippen molar-refractivity contribution in [1.29, 1.82) is 0 Å². The number of hydrogen-bond donors (Lipinski definition) is 2. The van der Waals surface area contributed by atoms with E-state index in [9.17, 15) is 4.79 Å². The van der Waals surface area contributed by atoms with Gasteiger partial charge >= 0.3 is 0 Å². The van der Waals surface area contributed by atoms with Gasteiger partial charge in [0.2, 0.25) is 5.91 Å². The van der Waals surface area contributed by atoms with Crippen LogP contribution in [0.15, 0.2) is 18.2 Å². The summed E-state index contributed by atoms with van der Waals surface area (Å²) in [6, 6.07) is 5.34. The molecule has 1 saturated heterocycles. The van der Waals surface area contributed by atoms with Crippen LogP contribution in [0, 0.1) is 5.92 Å². The smallest absolute Gasteiger partial charge is 0.241 e. The molecule has 3 rings (SSSR count). The summed E-state index contributed by atoms with van der Waals surface area (Å²) >= 11 is 1.67. The molecule has 5 nitrogen and oxygen atoms in total. The SMILES string of the molecule is CC(C)(C)c1nc2ccc(NC(=O)C(N)C3CCOCC3)cc2s1. The van der Waals surface area contributed by atoms with E-state index in [2.05, 4.69) is 31.1 Å². The number of rotatable bonds is 3. The number of nitrogens with one attached hydrogen (secondary N) is 1. The third kappa shape index (κ3) is 3.77. The molecule has 1 unspecified atom stereocenters. The first-order chi connectivity index (χ1) is 11.3. The Labute approximate surface area is 146 Å². The van der Waals surface area contributed by atoms with Crippen molar-refractivity contribution in [3.8, 4) is 0 Å². The van der Waals surface area contributed by atoms with Crippen LogP contribution >= 0.6 is 11.3 Å². The maximum atomic E-state index is 12.4. The summed E-state index contributed by atoms with van der Waals surface area (Å²) in [7, 11) is 0. The van der Waals surface area contributed by atoms with Gasteiger partial charge in [0.05, 0.1) is 21.3 Å². The minimum Gasteiger partial charge on any atom is -0.381 e. The lowest BCUT2D eigenvalue weighted by Crippen LogP contribution is -2.43. The van der Waals surface area contributed by atoms with Gasteiger partial charge in [-0.3, -0.25) is 4.79 Å². The molecule has 3 N–H and O–H groups in total. The van der Waals surface area contributed by atoms with Gasteiger partial charge in [0.1, 0.15) is 0 Å². The molecule has 2 heterocycles. The number of fused-ring (bicyclic) bond motifs is 1. The van der Waals surface area contributed by atoms with Crippen LogP contribution < -0.4 is 11.1 Å². The average Bonchev–Trinajstić information content (AvgIpc) is 2.98. The van der Waals surface area contributed by atoms with E-state index < -0.39 is 6.04 Å². The van der Waals surface area contributed by atoms with Crippen molar-refractivity contribution in [2.24, 2.45) is 11.7 Å². The summed E-state index contributed by atoms with van der Waals surface area (Å²) in [4.78, 5) is 17.1. The number of thiazole rings is 1. The van der Waals surface area contributed by atoms with Gasteiger partial charge in [0.15, 0.2) is 0 Å². The molecule has 1 amide bonds. The molecular formula is C18H25N3O2S. The van der Waals surface area contributed by atoms with Crippen molar-refractivity contribution in [2.75, 3.05) is 18.5 Å². The Kier molecular flexibility index (Phi) is 4.90.